The van der Waals surface area contributed by atoms with Crippen LogP contribution in [0.15, 0.2) is 0 Å². The van der Waals surface area contributed by atoms with E-state index in [1.807, 2.05) is 27.8 Å². The number of hydrogen-bond acceptors (Lipinski definition) is 4. The smallest absolute Gasteiger partial charge is 0.239 e. The maximum atomic E-state index is 12.0. The molecule has 1 amide bonds. The van der Waals surface area contributed by atoms with Crippen LogP contribution in [0.1, 0.15) is 25.1 Å². The minimum Gasteiger partial charge on any atom is -0.481 e. The van der Waals surface area contributed by atoms with Gasteiger partial charge in [-0.25, -0.2) is 4.68 Å². The Bertz CT molecular complexity index is 442. The molecule has 0 aromatic carbocycles. The third kappa shape index (κ3) is 3.47. The summed E-state index contributed by atoms with van der Waals surface area (Å²) >= 11 is 0. The number of methoxy groups -OCH3 is 1. The number of nitrogens with one attached hydrogen (secondary N) is 1. The van der Waals surface area contributed by atoms with Gasteiger partial charge in [-0.3, -0.25) is 4.79 Å². The average Bonchev–Trinajstić information content (AvgIpc) is 2.67. The summed E-state index contributed by atoms with van der Waals surface area (Å²) in [7, 11) is 5.27. The van der Waals surface area contributed by atoms with Gasteiger partial charge in [0.2, 0.25) is 11.8 Å². The second-order valence-corrected chi connectivity index (χ2v) is 4.65. The van der Waals surface area contributed by atoms with Crippen LogP contribution in [0.3, 0.4) is 0 Å². The molecule has 0 spiro atoms. The molecule has 0 aliphatic rings. The minimum absolute atomic E-state index is 0.0861. The van der Waals surface area contributed by atoms with Gasteiger partial charge >= 0.3 is 0 Å². The second kappa shape index (κ2) is 6.56. The maximum absolute atomic E-state index is 12.0. The number of carbonyl (C=O) groups is 1. The number of rotatable bonds is 6. The molecule has 1 rings (SSSR count). The standard InChI is InChI=1S/C13H24N4O2/c1-7-16(4)12(18)10(3)14-8-11-9(2)15-17(5)13(11)19-6/h10,14H,7-8H2,1-6H3. The highest BCUT2D eigenvalue weighted by atomic mass is 16.5. The average molecular weight is 268 g/mol. The molecule has 0 fully saturated rings. The zero-order chi connectivity index (χ0) is 14.6. The Morgan fingerprint density at radius 3 is 2.74 bits per heavy atom. The molecular formula is C13H24N4O2. The van der Waals surface area contributed by atoms with Crippen LogP contribution >= 0.6 is 0 Å². The Morgan fingerprint density at radius 1 is 1.58 bits per heavy atom. The summed E-state index contributed by atoms with van der Waals surface area (Å²) in [6, 6.07) is -0.228. The third-order valence-electron chi connectivity index (χ3n) is 3.29. The molecule has 0 saturated carbocycles. The lowest BCUT2D eigenvalue weighted by atomic mass is 10.2. The Balaban J connectivity index is 2.69. The molecular weight excluding hydrogens is 244 g/mol. The molecule has 0 saturated heterocycles. The predicted octanol–water partition coefficient (Wildman–Crippen LogP) is 0.694. The monoisotopic (exact) mass is 268 g/mol. The van der Waals surface area contributed by atoms with Gasteiger partial charge in [0.25, 0.3) is 0 Å². The highest BCUT2D eigenvalue weighted by Gasteiger charge is 2.19. The van der Waals surface area contributed by atoms with Gasteiger partial charge in [0.1, 0.15) is 0 Å². The van der Waals surface area contributed by atoms with Gasteiger partial charge in [-0.2, -0.15) is 5.10 Å². The summed E-state index contributed by atoms with van der Waals surface area (Å²) in [6.45, 7) is 7.03. The van der Waals surface area contributed by atoms with Crippen molar-refractivity contribution in [2.45, 2.75) is 33.4 Å². The minimum atomic E-state index is -0.228. The Labute approximate surface area is 114 Å². The predicted molar refractivity (Wildman–Crippen MR) is 74.1 cm³/mol. The van der Waals surface area contributed by atoms with Crippen molar-refractivity contribution >= 4 is 5.91 Å². The zero-order valence-electron chi connectivity index (χ0n) is 12.6. The molecule has 1 aromatic heterocycles. The summed E-state index contributed by atoms with van der Waals surface area (Å²) in [5.74, 6) is 0.816. The van der Waals surface area contributed by atoms with Crippen molar-refractivity contribution in [3.63, 3.8) is 0 Å². The highest BCUT2D eigenvalue weighted by Crippen LogP contribution is 2.20. The number of hydrogen-bond donors (Lipinski definition) is 1. The van der Waals surface area contributed by atoms with Crippen LogP contribution in [-0.2, 0) is 18.4 Å². The van der Waals surface area contributed by atoms with E-state index in [0.29, 0.717) is 13.1 Å². The van der Waals surface area contributed by atoms with E-state index in [1.165, 1.54) is 0 Å². The van der Waals surface area contributed by atoms with Crippen molar-refractivity contribution in [2.24, 2.45) is 7.05 Å². The first-order valence-corrected chi connectivity index (χ1v) is 6.47. The summed E-state index contributed by atoms with van der Waals surface area (Å²) in [6.07, 6.45) is 0. The molecule has 1 aromatic rings. The van der Waals surface area contributed by atoms with Gasteiger partial charge in [-0.15, -0.1) is 0 Å². The van der Waals surface area contributed by atoms with Gasteiger partial charge in [-0.1, -0.05) is 0 Å². The second-order valence-electron chi connectivity index (χ2n) is 4.65. The quantitative estimate of drug-likeness (QED) is 0.825. The number of aryl methyl sites for hydroxylation is 2. The summed E-state index contributed by atoms with van der Waals surface area (Å²) in [5, 5.41) is 7.53. The number of ether oxygens (including phenoxy) is 1. The topological polar surface area (TPSA) is 59.4 Å². The van der Waals surface area contributed by atoms with Crippen molar-refractivity contribution in [3.8, 4) is 5.88 Å². The fourth-order valence-electron chi connectivity index (χ4n) is 1.97. The normalized spacial score (nSPS) is 12.3. The van der Waals surface area contributed by atoms with E-state index in [-0.39, 0.29) is 11.9 Å². The third-order valence-corrected chi connectivity index (χ3v) is 3.29. The number of aromatic nitrogens is 2. The molecule has 0 bridgehead atoms. The molecule has 6 heteroatoms. The van der Waals surface area contributed by atoms with Gasteiger partial charge in [-0.05, 0) is 20.8 Å². The van der Waals surface area contributed by atoms with Crippen LogP contribution in [0, 0.1) is 6.92 Å². The van der Waals surface area contributed by atoms with Crippen LogP contribution in [0.2, 0.25) is 0 Å². The molecule has 1 atom stereocenters. The molecule has 1 N–H and O–H groups in total. The summed E-state index contributed by atoms with van der Waals surface area (Å²) in [4.78, 5) is 13.7. The van der Waals surface area contributed by atoms with Crippen molar-refractivity contribution in [1.82, 2.24) is 20.0 Å². The van der Waals surface area contributed by atoms with Crippen molar-refractivity contribution in [2.75, 3.05) is 20.7 Å². The molecule has 0 radical (unpaired) electrons. The van der Waals surface area contributed by atoms with E-state index in [2.05, 4.69) is 10.4 Å². The van der Waals surface area contributed by atoms with Crippen LogP contribution in [-0.4, -0.2) is 47.3 Å². The fraction of sp³-hybridized carbons (Fsp3) is 0.692. The Hall–Kier alpha value is -1.56. The van der Waals surface area contributed by atoms with Gasteiger partial charge in [0.05, 0.1) is 24.4 Å². The lowest BCUT2D eigenvalue weighted by Crippen LogP contribution is -2.42. The Kier molecular flexibility index (Phi) is 5.35. The van der Waals surface area contributed by atoms with Crippen LogP contribution in [0.4, 0.5) is 0 Å². The first-order chi connectivity index (χ1) is 8.92. The zero-order valence-corrected chi connectivity index (χ0v) is 12.6. The highest BCUT2D eigenvalue weighted by molar-refractivity contribution is 5.81. The van der Waals surface area contributed by atoms with E-state index in [4.69, 9.17) is 4.74 Å². The fourth-order valence-corrected chi connectivity index (χ4v) is 1.97. The number of amides is 1. The van der Waals surface area contributed by atoms with E-state index in [9.17, 15) is 4.79 Å². The molecule has 19 heavy (non-hydrogen) atoms. The van der Waals surface area contributed by atoms with Crippen LogP contribution in [0.5, 0.6) is 5.88 Å². The number of carbonyl (C=O) groups excluding carboxylic acids is 1. The summed E-state index contributed by atoms with van der Waals surface area (Å²) in [5.41, 5.74) is 1.90. The molecule has 0 aliphatic carbocycles. The lowest BCUT2D eigenvalue weighted by Gasteiger charge is -2.20. The molecule has 1 heterocycles. The largest absolute Gasteiger partial charge is 0.481 e. The van der Waals surface area contributed by atoms with Gasteiger partial charge < -0.3 is 15.0 Å². The maximum Gasteiger partial charge on any atom is 0.239 e. The van der Waals surface area contributed by atoms with Gasteiger partial charge in [0.15, 0.2) is 0 Å². The molecule has 1 unspecified atom stereocenters. The molecule has 0 aliphatic heterocycles. The van der Waals surface area contributed by atoms with Crippen molar-refractivity contribution in [3.05, 3.63) is 11.3 Å². The van der Waals surface area contributed by atoms with E-state index >= 15 is 0 Å². The lowest BCUT2D eigenvalue weighted by molar-refractivity contribution is -0.131. The van der Waals surface area contributed by atoms with E-state index in [0.717, 1.165) is 17.1 Å². The van der Waals surface area contributed by atoms with E-state index in [1.54, 1.807) is 23.7 Å². The summed E-state index contributed by atoms with van der Waals surface area (Å²) < 4.78 is 7.03. The van der Waals surface area contributed by atoms with E-state index < -0.39 is 0 Å². The number of likely N-dealkylation sites (N-methyl/N-ethyl adjacent to an activating group) is 1. The van der Waals surface area contributed by atoms with Crippen LogP contribution in [0.25, 0.3) is 0 Å². The van der Waals surface area contributed by atoms with Crippen molar-refractivity contribution < 1.29 is 9.53 Å². The van der Waals surface area contributed by atoms with Crippen molar-refractivity contribution in [1.29, 1.82) is 0 Å². The molecule has 108 valence electrons. The first-order valence-electron chi connectivity index (χ1n) is 6.47. The Morgan fingerprint density at radius 2 is 2.21 bits per heavy atom. The molecule has 6 nitrogen and oxygen atoms in total. The number of nitrogens with zero attached hydrogens (tertiary/aromatic N) is 3. The van der Waals surface area contributed by atoms with Crippen LogP contribution < -0.4 is 10.1 Å². The SMILES string of the molecule is CCN(C)C(=O)C(C)NCc1c(C)nn(C)c1OC. The first kappa shape index (κ1) is 15.5. The van der Waals surface area contributed by atoms with Gasteiger partial charge in [0, 0.05) is 27.2 Å².